The molecular weight excluding hydrogens is 222 g/mol. The summed E-state index contributed by atoms with van der Waals surface area (Å²) in [5.41, 5.74) is 0.353. The van der Waals surface area contributed by atoms with E-state index in [0.717, 1.165) is 13.1 Å². The third kappa shape index (κ3) is 2.65. The van der Waals surface area contributed by atoms with Crippen molar-refractivity contribution >= 4 is 5.91 Å². The third-order valence-electron chi connectivity index (χ3n) is 2.83. The van der Waals surface area contributed by atoms with E-state index in [1.807, 2.05) is 11.8 Å². The lowest BCUT2D eigenvalue weighted by atomic mass is 10.2. The molecule has 0 radical (unpaired) electrons. The zero-order valence-electron chi connectivity index (χ0n) is 10.1. The smallest absolute Gasteiger partial charge is 0.276 e. The summed E-state index contributed by atoms with van der Waals surface area (Å²) in [6, 6.07) is 1.82. The zero-order chi connectivity index (χ0) is 12.3. The first-order valence-electron chi connectivity index (χ1n) is 5.68. The minimum Gasteiger partial charge on any atom is -0.377 e. The van der Waals surface area contributed by atoms with Crippen LogP contribution in [0.25, 0.3) is 0 Å². The Hall–Kier alpha value is -1.40. The number of carbonyl (C=O) groups excluding carboxylic acids is 1. The van der Waals surface area contributed by atoms with E-state index in [4.69, 9.17) is 9.26 Å². The van der Waals surface area contributed by atoms with Crippen LogP contribution in [0, 0.1) is 0 Å². The zero-order valence-corrected chi connectivity index (χ0v) is 10.1. The molecule has 0 aliphatic carbocycles. The molecule has 1 aromatic rings. The second kappa shape index (κ2) is 5.29. The van der Waals surface area contributed by atoms with E-state index in [0.29, 0.717) is 24.6 Å². The molecule has 0 bridgehead atoms. The number of piperazine rings is 1. The minimum atomic E-state index is -0.0786. The Bertz CT molecular complexity index is 391. The molecule has 0 saturated carbocycles. The van der Waals surface area contributed by atoms with E-state index >= 15 is 0 Å². The average molecular weight is 239 g/mol. The van der Waals surface area contributed by atoms with Gasteiger partial charge in [-0.05, 0) is 6.92 Å². The van der Waals surface area contributed by atoms with Crippen molar-refractivity contribution in [3.63, 3.8) is 0 Å². The molecule has 1 saturated heterocycles. The van der Waals surface area contributed by atoms with E-state index < -0.39 is 0 Å². The van der Waals surface area contributed by atoms with E-state index in [1.165, 1.54) is 0 Å². The Morgan fingerprint density at radius 1 is 1.76 bits per heavy atom. The van der Waals surface area contributed by atoms with Crippen molar-refractivity contribution < 1.29 is 14.1 Å². The fourth-order valence-corrected chi connectivity index (χ4v) is 1.91. The summed E-state index contributed by atoms with van der Waals surface area (Å²) in [5.74, 6) is 0.490. The van der Waals surface area contributed by atoms with Crippen LogP contribution in [-0.2, 0) is 11.3 Å². The van der Waals surface area contributed by atoms with Gasteiger partial charge in [0.05, 0.1) is 0 Å². The standard InChI is InChI=1S/C11H17N3O3/c1-8-6-12-3-4-14(8)11(15)10-5-9(7-16-2)17-13-10/h5,8,12H,3-4,6-7H2,1-2H3/t8-/m1/s1. The first-order chi connectivity index (χ1) is 8.22. The second-order valence-electron chi connectivity index (χ2n) is 4.16. The number of rotatable bonds is 3. The molecule has 0 unspecified atom stereocenters. The highest BCUT2D eigenvalue weighted by Gasteiger charge is 2.26. The molecule has 6 nitrogen and oxygen atoms in total. The maximum atomic E-state index is 12.2. The largest absolute Gasteiger partial charge is 0.377 e. The molecule has 0 spiro atoms. The van der Waals surface area contributed by atoms with Gasteiger partial charge in [-0.25, -0.2) is 0 Å². The first kappa shape index (κ1) is 12.1. The highest BCUT2D eigenvalue weighted by molar-refractivity contribution is 5.92. The normalized spacial score (nSPS) is 20.6. The van der Waals surface area contributed by atoms with Crippen LogP contribution in [0.2, 0.25) is 0 Å². The molecule has 0 aromatic carbocycles. The minimum absolute atomic E-state index is 0.0786. The summed E-state index contributed by atoms with van der Waals surface area (Å²) in [4.78, 5) is 14.0. The lowest BCUT2D eigenvalue weighted by Crippen LogP contribution is -2.52. The molecule has 1 aromatic heterocycles. The van der Waals surface area contributed by atoms with Gasteiger partial charge in [-0.2, -0.15) is 0 Å². The number of aromatic nitrogens is 1. The monoisotopic (exact) mass is 239 g/mol. The van der Waals surface area contributed by atoms with Crippen molar-refractivity contribution in [3.05, 3.63) is 17.5 Å². The van der Waals surface area contributed by atoms with Gasteiger partial charge in [0.2, 0.25) is 0 Å². The van der Waals surface area contributed by atoms with Gasteiger partial charge < -0.3 is 19.5 Å². The van der Waals surface area contributed by atoms with Gasteiger partial charge in [0.25, 0.3) is 5.91 Å². The van der Waals surface area contributed by atoms with Crippen LogP contribution in [0.1, 0.15) is 23.2 Å². The summed E-state index contributed by atoms with van der Waals surface area (Å²) in [7, 11) is 1.57. The molecule has 1 aliphatic rings. The number of carbonyl (C=O) groups is 1. The van der Waals surface area contributed by atoms with Crippen LogP contribution in [0.15, 0.2) is 10.6 Å². The van der Waals surface area contributed by atoms with Crippen LogP contribution >= 0.6 is 0 Å². The van der Waals surface area contributed by atoms with Crippen molar-refractivity contribution in [1.82, 2.24) is 15.4 Å². The lowest BCUT2D eigenvalue weighted by Gasteiger charge is -2.33. The van der Waals surface area contributed by atoms with Gasteiger partial charge in [-0.15, -0.1) is 0 Å². The molecule has 2 heterocycles. The molecule has 1 atom stereocenters. The molecular formula is C11H17N3O3. The molecule has 6 heteroatoms. The Morgan fingerprint density at radius 2 is 2.59 bits per heavy atom. The third-order valence-corrected chi connectivity index (χ3v) is 2.83. The molecule has 1 fully saturated rings. The fraction of sp³-hybridized carbons (Fsp3) is 0.636. The van der Waals surface area contributed by atoms with Crippen LogP contribution in [0.3, 0.4) is 0 Å². The van der Waals surface area contributed by atoms with Crippen molar-refractivity contribution in [2.24, 2.45) is 0 Å². The van der Waals surface area contributed by atoms with Gasteiger partial charge in [0, 0.05) is 38.9 Å². The number of hydrogen-bond acceptors (Lipinski definition) is 5. The molecule has 1 N–H and O–H groups in total. The van der Waals surface area contributed by atoms with Gasteiger partial charge in [-0.3, -0.25) is 4.79 Å². The SMILES string of the molecule is COCc1cc(C(=O)N2CCNC[C@H]2C)no1. The van der Waals surface area contributed by atoms with Gasteiger partial charge >= 0.3 is 0 Å². The van der Waals surface area contributed by atoms with Crippen LogP contribution in [-0.4, -0.2) is 48.7 Å². The van der Waals surface area contributed by atoms with Gasteiger partial charge in [0.1, 0.15) is 6.61 Å². The lowest BCUT2D eigenvalue weighted by molar-refractivity contribution is 0.0644. The van der Waals surface area contributed by atoms with Crippen molar-refractivity contribution in [3.8, 4) is 0 Å². The average Bonchev–Trinajstić information content (AvgIpc) is 2.78. The number of methoxy groups -OCH3 is 1. The Kier molecular flexibility index (Phi) is 3.75. The quantitative estimate of drug-likeness (QED) is 0.819. The van der Waals surface area contributed by atoms with Crippen LogP contribution < -0.4 is 5.32 Å². The Labute approximate surface area is 99.9 Å². The molecule has 1 amide bonds. The van der Waals surface area contributed by atoms with E-state index in [-0.39, 0.29) is 11.9 Å². The second-order valence-corrected chi connectivity index (χ2v) is 4.16. The highest BCUT2D eigenvalue weighted by Crippen LogP contribution is 2.11. The van der Waals surface area contributed by atoms with Crippen molar-refractivity contribution in [1.29, 1.82) is 0 Å². The van der Waals surface area contributed by atoms with Crippen molar-refractivity contribution in [2.75, 3.05) is 26.7 Å². The van der Waals surface area contributed by atoms with E-state index in [1.54, 1.807) is 13.2 Å². The summed E-state index contributed by atoms with van der Waals surface area (Å²) >= 11 is 0. The maximum Gasteiger partial charge on any atom is 0.276 e. The molecule has 1 aliphatic heterocycles. The molecule has 2 rings (SSSR count). The predicted octanol–water partition coefficient (Wildman–Crippen LogP) is 0.255. The van der Waals surface area contributed by atoms with Crippen LogP contribution in [0.4, 0.5) is 0 Å². The van der Waals surface area contributed by atoms with Crippen molar-refractivity contribution in [2.45, 2.75) is 19.6 Å². The number of ether oxygens (including phenoxy) is 1. The Balaban J connectivity index is 2.07. The number of hydrogen-bond donors (Lipinski definition) is 1. The fourth-order valence-electron chi connectivity index (χ4n) is 1.91. The topological polar surface area (TPSA) is 67.6 Å². The number of nitrogens with zero attached hydrogens (tertiary/aromatic N) is 2. The van der Waals surface area contributed by atoms with Crippen LogP contribution in [0.5, 0.6) is 0 Å². The summed E-state index contributed by atoms with van der Waals surface area (Å²) in [6.07, 6.45) is 0. The first-order valence-corrected chi connectivity index (χ1v) is 5.68. The summed E-state index contributed by atoms with van der Waals surface area (Å²) < 4.78 is 9.93. The number of amides is 1. The maximum absolute atomic E-state index is 12.2. The highest BCUT2D eigenvalue weighted by atomic mass is 16.5. The van der Waals surface area contributed by atoms with Gasteiger partial charge in [-0.1, -0.05) is 5.16 Å². The Morgan fingerprint density at radius 3 is 3.29 bits per heavy atom. The summed E-state index contributed by atoms with van der Waals surface area (Å²) in [5, 5.41) is 7.02. The number of nitrogens with one attached hydrogen (secondary N) is 1. The molecule has 17 heavy (non-hydrogen) atoms. The van der Waals surface area contributed by atoms with Gasteiger partial charge in [0.15, 0.2) is 11.5 Å². The van der Waals surface area contributed by atoms with E-state index in [9.17, 15) is 4.79 Å². The predicted molar refractivity (Wildman–Crippen MR) is 60.6 cm³/mol. The summed E-state index contributed by atoms with van der Waals surface area (Å²) in [6.45, 7) is 4.68. The molecule has 94 valence electrons. The van der Waals surface area contributed by atoms with E-state index in [2.05, 4.69) is 10.5 Å².